The lowest BCUT2D eigenvalue weighted by atomic mass is 10.1. The van der Waals surface area contributed by atoms with E-state index in [1.165, 1.54) is 18.2 Å². The normalized spacial score (nSPS) is 9.95. The highest BCUT2D eigenvalue weighted by atomic mass is 32.2. The maximum absolute atomic E-state index is 13.4. The molecule has 0 N–H and O–H groups in total. The smallest absolute Gasteiger partial charge is 0.200 e. The van der Waals surface area contributed by atoms with Crippen LogP contribution in [0.2, 0.25) is 0 Å². The summed E-state index contributed by atoms with van der Waals surface area (Å²) in [6.07, 6.45) is 1.95. The van der Waals surface area contributed by atoms with Crippen LogP contribution >= 0.6 is 11.8 Å². The van der Waals surface area contributed by atoms with E-state index in [2.05, 4.69) is 0 Å². The fourth-order valence-corrected chi connectivity index (χ4v) is 2.14. The third-order valence-electron chi connectivity index (χ3n) is 2.86. The Morgan fingerprint density at radius 3 is 2.62 bits per heavy atom. The summed E-state index contributed by atoms with van der Waals surface area (Å²) in [6.45, 7) is -0.239. The number of thioether (sulfide) groups is 1. The van der Waals surface area contributed by atoms with Gasteiger partial charge in [0, 0.05) is 10.5 Å². The lowest BCUT2D eigenvalue weighted by molar-refractivity contribution is 0.0921. The molecule has 3 nitrogen and oxygen atoms in total. The minimum absolute atomic E-state index is 0.0755. The molecule has 2 aromatic rings. The van der Waals surface area contributed by atoms with E-state index in [1.807, 2.05) is 18.4 Å². The van der Waals surface area contributed by atoms with E-state index in [0.717, 1.165) is 4.90 Å². The Balaban J connectivity index is 2.07. The number of hydrogen-bond acceptors (Lipinski definition) is 4. The summed E-state index contributed by atoms with van der Waals surface area (Å²) in [5.41, 5.74) is 0.325. The molecule has 0 bridgehead atoms. The van der Waals surface area contributed by atoms with E-state index in [9.17, 15) is 9.18 Å². The van der Waals surface area contributed by atoms with E-state index in [-0.39, 0.29) is 23.7 Å². The molecule has 0 unspecified atom stereocenters. The number of ether oxygens (including phenoxy) is 1. The summed E-state index contributed by atoms with van der Waals surface area (Å²) in [5.74, 6) is -0.811. The number of nitriles is 1. The Kier molecular flexibility index (Phi) is 4.96. The van der Waals surface area contributed by atoms with Crippen molar-refractivity contribution in [1.82, 2.24) is 0 Å². The van der Waals surface area contributed by atoms with Gasteiger partial charge in [-0.05, 0) is 30.5 Å². The van der Waals surface area contributed by atoms with Crippen LogP contribution in [0.3, 0.4) is 0 Å². The molecular weight excluding hydrogens is 289 g/mol. The first-order valence-corrected chi connectivity index (χ1v) is 7.37. The van der Waals surface area contributed by atoms with Gasteiger partial charge < -0.3 is 4.74 Å². The van der Waals surface area contributed by atoms with Crippen molar-refractivity contribution in [3.8, 4) is 11.8 Å². The zero-order chi connectivity index (χ0) is 15.2. The Labute approximate surface area is 126 Å². The molecule has 0 spiro atoms. The van der Waals surface area contributed by atoms with Crippen molar-refractivity contribution in [3.63, 3.8) is 0 Å². The molecule has 0 heterocycles. The lowest BCUT2D eigenvalue weighted by Gasteiger charge is -2.08. The van der Waals surface area contributed by atoms with Crippen LogP contribution in [0.4, 0.5) is 4.39 Å². The number of rotatable bonds is 5. The Morgan fingerprint density at radius 1 is 1.29 bits per heavy atom. The van der Waals surface area contributed by atoms with Crippen molar-refractivity contribution < 1.29 is 13.9 Å². The maximum atomic E-state index is 13.4. The first-order valence-electron chi connectivity index (χ1n) is 6.14. The highest BCUT2D eigenvalue weighted by molar-refractivity contribution is 7.98. The number of halogens is 1. The largest absolute Gasteiger partial charge is 0.484 e. The van der Waals surface area contributed by atoms with Gasteiger partial charge in [-0.3, -0.25) is 4.79 Å². The van der Waals surface area contributed by atoms with Gasteiger partial charge >= 0.3 is 0 Å². The highest BCUT2D eigenvalue weighted by Crippen LogP contribution is 2.21. The minimum atomic E-state index is -0.660. The lowest BCUT2D eigenvalue weighted by Crippen LogP contribution is -2.12. The molecule has 0 aliphatic heterocycles. The fourth-order valence-electron chi connectivity index (χ4n) is 1.74. The molecule has 0 aliphatic carbocycles. The van der Waals surface area contributed by atoms with Crippen molar-refractivity contribution in [3.05, 3.63) is 59.4 Å². The van der Waals surface area contributed by atoms with E-state index in [4.69, 9.17) is 10.00 Å². The minimum Gasteiger partial charge on any atom is -0.484 e. The summed E-state index contributed by atoms with van der Waals surface area (Å²) < 4.78 is 18.7. The van der Waals surface area contributed by atoms with Gasteiger partial charge in [-0.25, -0.2) is 4.39 Å². The molecule has 0 saturated heterocycles. The van der Waals surface area contributed by atoms with Crippen LogP contribution < -0.4 is 4.74 Å². The number of benzene rings is 2. The molecule has 0 saturated carbocycles. The number of Topliss-reactive ketones (excluding diaryl/α,β-unsaturated/α-hetero) is 1. The highest BCUT2D eigenvalue weighted by Gasteiger charge is 2.12. The molecular formula is C16H12FNO2S. The number of hydrogen-bond donors (Lipinski definition) is 0. The second kappa shape index (κ2) is 6.91. The van der Waals surface area contributed by atoms with Crippen molar-refractivity contribution in [2.75, 3.05) is 12.9 Å². The van der Waals surface area contributed by atoms with E-state index >= 15 is 0 Å². The SMILES string of the molecule is CSc1ccc(C(=O)COc2cccc(F)c2C#N)cc1. The van der Waals surface area contributed by atoms with Crippen LogP contribution in [-0.2, 0) is 0 Å². The molecule has 21 heavy (non-hydrogen) atoms. The molecule has 0 atom stereocenters. The van der Waals surface area contributed by atoms with Gasteiger partial charge in [0.2, 0.25) is 0 Å². The Hall–Kier alpha value is -2.32. The number of carbonyl (C=O) groups is 1. The number of ketones is 1. The Bertz CT molecular complexity index is 692. The third-order valence-corrected chi connectivity index (χ3v) is 3.60. The molecule has 2 rings (SSSR count). The first-order chi connectivity index (χ1) is 10.2. The van der Waals surface area contributed by atoms with Gasteiger partial charge in [-0.15, -0.1) is 11.8 Å². The van der Waals surface area contributed by atoms with Crippen LogP contribution in [0.25, 0.3) is 0 Å². The van der Waals surface area contributed by atoms with Crippen molar-refractivity contribution in [1.29, 1.82) is 5.26 Å². The van der Waals surface area contributed by atoms with Gasteiger partial charge in [0.25, 0.3) is 0 Å². The molecule has 0 amide bonds. The molecule has 106 valence electrons. The van der Waals surface area contributed by atoms with E-state index in [0.29, 0.717) is 5.56 Å². The van der Waals surface area contributed by atoms with Crippen LogP contribution in [0.1, 0.15) is 15.9 Å². The molecule has 0 fully saturated rings. The molecule has 0 radical (unpaired) electrons. The molecule has 2 aromatic carbocycles. The van der Waals surface area contributed by atoms with Gasteiger partial charge in [0.1, 0.15) is 23.2 Å². The number of nitrogens with zero attached hydrogens (tertiary/aromatic N) is 1. The van der Waals surface area contributed by atoms with Crippen LogP contribution in [0.5, 0.6) is 5.75 Å². The van der Waals surface area contributed by atoms with Crippen LogP contribution in [-0.4, -0.2) is 18.6 Å². The zero-order valence-corrected chi connectivity index (χ0v) is 12.1. The molecule has 5 heteroatoms. The van der Waals surface area contributed by atoms with Gasteiger partial charge in [-0.2, -0.15) is 5.26 Å². The van der Waals surface area contributed by atoms with E-state index in [1.54, 1.807) is 30.0 Å². The maximum Gasteiger partial charge on any atom is 0.200 e. The van der Waals surface area contributed by atoms with Crippen LogP contribution in [0, 0.1) is 17.1 Å². The second-order valence-electron chi connectivity index (χ2n) is 4.17. The zero-order valence-electron chi connectivity index (χ0n) is 11.3. The molecule has 0 aromatic heterocycles. The predicted molar refractivity (Wildman–Crippen MR) is 79.2 cm³/mol. The van der Waals surface area contributed by atoms with Crippen molar-refractivity contribution >= 4 is 17.5 Å². The quantitative estimate of drug-likeness (QED) is 0.624. The monoisotopic (exact) mass is 301 g/mol. The van der Waals surface area contributed by atoms with Gasteiger partial charge in [0.15, 0.2) is 12.4 Å². The summed E-state index contributed by atoms with van der Waals surface area (Å²) in [7, 11) is 0. The fraction of sp³-hybridized carbons (Fsp3) is 0.125. The molecule has 0 aliphatic rings. The first kappa shape index (κ1) is 15.1. The Morgan fingerprint density at radius 2 is 2.00 bits per heavy atom. The summed E-state index contributed by atoms with van der Waals surface area (Å²) in [4.78, 5) is 13.1. The van der Waals surface area contributed by atoms with Crippen LogP contribution in [0.15, 0.2) is 47.4 Å². The summed E-state index contributed by atoms with van der Waals surface area (Å²) in [6, 6.07) is 12.9. The van der Waals surface area contributed by atoms with E-state index < -0.39 is 5.82 Å². The van der Waals surface area contributed by atoms with Gasteiger partial charge in [-0.1, -0.05) is 18.2 Å². The number of carbonyl (C=O) groups excluding carboxylic acids is 1. The second-order valence-corrected chi connectivity index (χ2v) is 5.04. The van der Waals surface area contributed by atoms with Crippen molar-refractivity contribution in [2.45, 2.75) is 4.90 Å². The summed E-state index contributed by atoms with van der Waals surface area (Å²) >= 11 is 1.59. The average molecular weight is 301 g/mol. The van der Waals surface area contributed by atoms with Crippen molar-refractivity contribution in [2.24, 2.45) is 0 Å². The average Bonchev–Trinajstić information content (AvgIpc) is 2.52. The topological polar surface area (TPSA) is 50.1 Å². The third kappa shape index (κ3) is 3.61. The predicted octanol–water partition coefficient (Wildman–Crippen LogP) is 3.68. The van der Waals surface area contributed by atoms with Gasteiger partial charge in [0.05, 0.1) is 0 Å². The standard InChI is InChI=1S/C16H12FNO2S/c1-21-12-7-5-11(6-8-12)15(19)10-20-16-4-2-3-14(17)13(16)9-18/h2-8H,10H2,1H3. The summed E-state index contributed by atoms with van der Waals surface area (Å²) in [5, 5.41) is 8.88.